The minimum Gasteiger partial charge on any atom is -0.497 e. The van der Waals surface area contributed by atoms with Gasteiger partial charge < -0.3 is 9.47 Å². The molecule has 2 aromatic carbocycles. The summed E-state index contributed by atoms with van der Waals surface area (Å²) in [6.07, 6.45) is 0.510. The van der Waals surface area contributed by atoms with E-state index in [-0.39, 0.29) is 11.9 Å². The van der Waals surface area contributed by atoms with Gasteiger partial charge in [0, 0.05) is 11.1 Å². The Morgan fingerprint density at radius 3 is 2.64 bits per heavy atom. The monoisotopic (exact) mass is 294 g/mol. The van der Waals surface area contributed by atoms with Gasteiger partial charge in [0.25, 0.3) is 0 Å². The molecule has 0 amide bonds. The predicted molar refractivity (Wildman–Crippen MR) is 85.3 cm³/mol. The summed E-state index contributed by atoms with van der Waals surface area (Å²) in [5.41, 5.74) is 3.33. The number of methoxy groups -OCH3 is 1. The second-order valence-corrected chi connectivity index (χ2v) is 5.28. The van der Waals surface area contributed by atoms with Crippen molar-refractivity contribution in [3.8, 4) is 5.75 Å². The van der Waals surface area contributed by atoms with E-state index in [1.54, 1.807) is 31.4 Å². The van der Waals surface area contributed by atoms with Crippen LogP contribution in [-0.4, -0.2) is 19.5 Å². The molecule has 0 fully saturated rings. The number of ether oxygens (including phenoxy) is 2. The second kappa shape index (κ2) is 6.16. The number of hydrogen-bond donors (Lipinski definition) is 0. The average molecular weight is 294 g/mol. The van der Waals surface area contributed by atoms with Crippen LogP contribution in [0, 0.1) is 0 Å². The highest BCUT2D eigenvalue weighted by Gasteiger charge is 2.27. The molecule has 1 aliphatic heterocycles. The lowest BCUT2D eigenvalue weighted by atomic mass is 9.90. The minimum atomic E-state index is -0.362. The summed E-state index contributed by atoms with van der Waals surface area (Å²) >= 11 is 0. The Bertz CT molecular complexity index is 701. The molecule has 0 N–H and O–H groups in total. The van der Waals surface area contributed by atoms with Crippen molar-refractivity contribution in [2.75, 3.05) is 13.7 Å². The van der Waals surface area contributed by atoms with Crippen molar-refractivity contribution in [2.24, 2.45) is 0 Å². The van der Waals surface area contributed by atoms with Crippen LogP contribution in [0.3, 0.4) is 0 Å². The Morgan fingerprint density at radius 2 is 1.91 bits per heavy atom. The van der Waals surface area contributed by atoms with E-state index < -0.39 is 0 Å². The fraction of sp³-hybridized carbons (Fsp3) is 0.211. The lowest BCUT2D eigenvalue weighted by Crippen LogP contribution is -2.21. The fourth-order valence-electron chi connectivity index (χ4n) is 2.73. The van der Waals surface area contributed by atoms with Crippen molar-refractivity contribution in [2.45, 2.75) is 12.5 Å². The molecule has 3 nitrogen and oxygen atoms in total. The van der Waals surface area contributed by atoms with Crippen molar-refractivity contribution in [1.82, 2.24) is 0 Å². The summed E-state index contributed by atoms with van der Waals surface area (Å²) in [4.78, 5) is 12.6. The molecule has 1 aliphatic rings. The Morgan fingerprint density at radius 1 is 1.18 bits per heavy atom. The molecule has 1 atom stereocenters. The van der Waals surface area contributed by atoms with Crippen molar-refractivity contribution in [3.05, 3.63) is 77.4 Å². The van der Waals surface area contributed by atoms with E-state index in [0.717, 1.165) is 17.7 Å². The van der Waals surface area contributed by atoms with Gasteiger partial charge >= 0.3 is 0 Å². The molecular weight excluding hydrogens is 276 g/mol. The van der Waals surface area contributed by atoms with Crippen LogP contribution in [-0.2, 0) is 11.2 Å². The molecule has 112 valence electrons. The van der Waals surface area contributed by atoms with E-state index in [4.69, 9.17) is 9.47 Å². The third-order valence-corrected chi connectivity index (χ3v) is 3.95. The standard InChI is InChI=1S/C19H18O3/c1-13(18(20)15-7-9-16(21-2)10-8-15)19-17-6-4-3-5-14(17)11-12-22-19/h3-10,19H,1,11-12H2,2H3. The molecule has 0 saturated carbocycles. The fourth-order valence-corrected chi connectivity index (χ4v) is 2.73. The normalized spacial score (nSPS) is 16.7. The van der Waals surface area contributed by atoms with E-state index >= 15 is 0 Å². The van der Waals surface area contributed by atoms with Crippen molar-refractivity contribution < 1.29 is 14.3 Å². The Hall–Kier alpha value is -2.39. The Balaban J connectivity index is 1.86. The lowest BCUT2D eigenvalue weighted by Gasteiger charge is -2.27. The first-order chi connectivity index (χ1) is 10.7. The predicted octanol–water partition coefficient (Wildman–Crippen LogP) is 3.75. The third kappa shape index (κ3) is 2.68. The van der Waals surface area contributed by atoms with Gasteiger partial charge in [0.15, 0.2) is 5.78 Å². The molecule has 1 unspecified atom stereocenters. The molecule has 0 radical (unpaired) electrons. The summed E-state index contributed by atoms with van der Waals surface area (Å²) < 4.78 is 10.9. The van der Waals surface area contributed by atoms with Crippen LogP contribution in [0.5, 0.6) is 5.75 Å². The molecular formula is C19H18O3. The third-order valence-electron chi connectivity index (χ3n) is 3.95. The van der Waals surface area contributed by atoms with Crippen molar-refractivity contribution in [3.63, 3.8) is 0 Å². The van der Waals surface area contributed by atoms with Gasteiger partial charge in [-0.1, -0.05) is 30.8 Å². The number of rotatable bonds is 4. The molecule has 0 bridgehead atoms. The van der Waals surface area contributed by atoms with E-state index in [1.807, 2.05) is 18.2 Å². The van der Waals surface area contributed by atoms with Gasteiger partial charge in [-0.3, -0.25) is 4.79 Å². The molecule has 2 aromatic rings. The molecule has 1 heterocycles. The van der Waals surface area contributed by atoms with Gasteiger partial charge in [-0.2, -0.15) is 0 Å². The number of fused-ring (bicyclic) bond motifs is 1. The zero-order valence-electron chi connectivity index (χ0n) is 12.5. The van der Waals surface area contributed by atoms with E-state index in [0.29, 0.717) is 17.7 Å². The Kier molecular flexibility index (Phi) is 4.07. The number of benzene rings is 2. The van der Waals surface area contributed by atoms with Gasteiger partial charge in [0.05, 0.1) is 13.7 Å². The van der Waals surface area contributed by atoms with Crippen LogP contribution in [0.4, 0.5) is 0 Å². The number of carbonyl (C=O) groups excluding carboxylic acids is 1. The maximum Gasteiger partial charge on any atom is 0.191 e. The van der Waals surface area contributed by atoms with Crippen LogP contribution >= 0.6 is 0 Å². The van der Waals surface area contributed by atoms with Gasteiger partial charge in [0.2, 0.25) is 0 Å². The van der Waals surface area contributed by atoms with Crippen LogP contribution < -0.4 is 4.74 Å². The summed E-state index contributed by atoms with van der Waals surface area (Å²) in [7, 11) is 1.60. The maximum absolute atomic E-state index is 12.6. The highest BCUT2D eigenvalue weighted by Crippen LogP contribution is 2.33. The summed E-state index contributed by atoms with van der Waals surface area (Å²) in [6.45, 7) is 4.60. The van der Waals surface area contributed by atoms with Crippen molar-refractivity contribution >= 4 is 5.78 Å². The van der Waals surface area contributed by atoms with Crippen LogP contribution in [0.15, 0.2) is 60.7 Å². The van der Waals surface area contributed by atoms with Crippen LogP contribution in [0.25, 0.3) is 0 Å². The smallest absolute Gasteiger partial charge is 0.191 e. The topological polar surface area (TPSA) is 35.5 Å². The van der Waals surface area contributed by atoms with Gasteiger partial charge in [-0.25, -0.2) is 0 Å². The molecule has 0 aliphatic carbocycles. The highest BCUT2D eigenvalue weighted by molar-refractivity contribution is 6.09. The molecule has 0 saturated heterocycles. The van der Waals surface area contributed by atoms with Crippen LogP contribution in [0.1, 0.15) is 27.6 Å². The first-order valence-corrected chi connectivity index (χ1v) is 7.27. The van der Waals surface area contributed by atoms with Crippen molar-refractivity contribution in [1.29, 1.82) is 0 Å². The maximum atomic E-state index is 12.6. The van der Waals surface area contributed by atoms with E-state index in [1.165, 1.54) is 5.56 Å². The minimum absolute atomic E-state index is 0.0932. The quantitative estimate of drug-likeness (QED) is 0.636. The number of carbonyl (C=O) groups is 1. The number of Topliss-reactive ketones (excluding diaryl/α,β-unsaturated/α-hetero) is 1. The molecule has 0 spiro atoms. The zero-order chi connectivity index (χ0) is 15.5. The molecule has 3 heteroatoms. The molecule has 22 heavy (non-hydrogen) atoms. The highest BCUT2D eigenvalue weighted by atomic mass is 16.5. The first kappa shape index (κ1) is 14.5. The second-order valence-electron chi connectivity index (χ2n) is 5.28. The van der Waals surface area contributed by atoms with Crippen LogP contribution in [0.2, 0.25) is 0 Å². The zero-order valence-corrected chi connectivity index (χ0v) is 12.5. The summed E-state index contributed by atoms with van der Waals surface area (Å²) in [5.74, 6) is 0.630. The van der Waals surface area contributed by atoms with Gasteiger partial charge in [-0.05, 0) is 41.8 Å². The first-order valence-electron chi connectivity index (χ1n) is 7.27. The molecule has 0 aromatic heterocycles. The van der Waals surface area contributed by atoms with E-state index in [9.17, 15) is 4.79 Å². The largest absolute Gasteiger partial charge is 0.497 e. The van der Waals surface area contributed by atoms with E-state index in [2.05, 4.69) is 12.6 Å². The number of hydrogen-bond acceptors (Lipinski definition) is 3. The SMILES string of the molecule is C=C(C(=O)c1ccc(OC)cc1)C1OCCc2ccccc21. The van der Waals surface area contributed by atoms with Gasteiger partial charge in [0.1, 0.15) is 11.9 Å². The average Bonchev–Trinajstić information content (AvgIpc) is 2.60. The summed E-state index contributed by atoms with van der Waals surface area (Å²) in [6, 6.07) is 15.1. The van der Waals surface area contributed by atoms with Gasteiger partial charge in [-0.15, -0.1) is 0 Å². The number of ketones is 1. The molecule has 3 rings (SSSR count). The summed E-state index contributed by atoms with van der Waals surface area (Å²) in [5, 5.41) is 0. The lowest BCUT2D eigenvalue weighted by molar-refractivity contribution is 0.0615. The Labute approximate surface area is 130 Å².